The van der Waals surface area contributed by atoms with E-state index in [4.69, 9.17) is 9.15 Å². The monoisotopic (exact) mass is 377 g/mol. The Morgan fingerprint density at radius 1 is 0.857 bits per heavy atom. The van der Waals surface area contributed by atoms with Crippen molar-refractivity contribution in [3.05, 3.63) is 54.6 Å². The zero-order chi connectivity index (χ0) is 19.2. The van der Waals surface area contributed by atoms with Gasteiger partial charge in [-0.15, -0.1) is 10.2 Å². The first-order valence-electron chi connectivity index (χ1n) is 9.69. The van der Waals surface area contributed by atoms with Gasteiger partial charge in [-0.05, 0) is 49.2 Å². The van der Waals surface area contributed by atoms with Crippen LogP contribution < -0.4 is 4.74 Å². The number of amides is 1. The largest absolute Gasteiger partial charge is 0.484 e. The zero-order valence-electron chi connectivity index (χ0n) is 15.7. The molecule has 2 heterocycles. The SMILES string of the molecule is O=C(COc1ccc(-c2nnc(-c3ccccc3)o2)cc1)N1CCCCCC1. The number of rotatable bonds is 5. The van der Waals surface area contributed by atoms with Gasteiger partial charge in [0.25, 0.3) is 5.91 Å². The second kappa shape index (κ2) is 8.69. The lowest BCUT2D eigenvalue weighted by atomic mass is 10.2. The highest BCUT2D eigenvalue weighted by Crippen LogP contribution is 2.25. The van der Waals surface area contributed by atoms with E-state index in [9.17, 15) is 4.79 Å². The summed E-state index contributed by atoms with van der Waals surface area (Å²) in [5, 5.41) is 8.22. The molecule has 1 fully saturated rings. The van der Waals surface area contributed by atoms with Crippen molar-refractivity contribution in [3.63, 3.8) is 0 Å². The van der Waals surface area contributed by atoms with Gasteiger partial charge in [0.2, 0.25) is 11.8 Å². The number of aromatic nitrogens is 2. The fraction of sp³-hybridized carbons (Fsp3) is 0.318. The topological polar surface area (TPSA) is 68.5 Å². The first kappa shape index (κ1) is 18.2. The predicted molar refractivity (Wildman–Crippen MR) is 106 cm³/mol. The van der Waals surface area contributed by atoms with E-state index in [-0.39, 0.29) is 12.5 Å². The fourth-order valence-corrected chi connectivity index (χ4v) is 3.29. The summed E-state index contributed by atoms with van der Waals surface area (Å²) in [5.41, 5.74) is 1.69. The molecular formula is C22H23N3O3. The van der Waals surface area contributed by atoms with E-state index >= 15 is 0 Å². The molecule has 3 aromatic rings. The maximum atomic E-state index is 12.3. The van der Waals surface area contributed by atoms with Gasteiger partial charge < -0.3 is 14.1 Å². The molecule has 144 valence electrons. The Balaban J connectivity index is 1.36. The minimum atomic E-state index is 0.0513. The third kappa shape index (κ3) is 4.39. The molecule has 1 aromatic heterocycles. The fourth-order valence-electron chi connectivity index (χ4n) is 3.29. The van der Waals surface area contributed by atoms with Gasteiger partial charge in [0.1, 0.15) is 5.75 Å². The normalized spacial score (nSPS) is 14.5. The summed E-state index contributed by atoms with van der Waals surface area (Å²) in [4.78, 5) is 14.2. The lowest BCUT2D eigenvalue weighted by molar-refractivity contribution is -0.133. The van der Waals surface area contributed by atoms with Crippen molar-refractivity contribution in [1.29, 1.82) is 0 Å². The van der Waals surface area contributed by atoms with Crippen molar-refractivity contribution in [2.75, 3.05) is 19.7 Å². The molecule has 2 aromatic carbocycles. The van der Waals surface area contributed by atoms with Gasteiger partial charge in [-0.25, -0.2) is 0 Å². The Bertz CT molecular complexity index is 898. The molecular weight excluding hydrogens is 354 g/mol. The van der Waals surface area contributed by atoms with Gasteiger partial charge in [0.15, 0.2) is 6.61 Å². The summed E-state index contributed by atoms with van der Waals surface area (Å²) in [6.45, 7) is 1.74. The van der Waals surface area contributed by atoms with Crippen LogP contribution in [-0.2, 0) is 4.79 Å². The van der Waals surface area contributed by atoms with E-state index in [1.807, 2.05) is 59.5 Å². The summed E-state index contributed by atoms with van der Waals surface area (Å²) in [6, 6.07) is 17.0. The average molecular weight is 377 g/mol. The van der Waals surface area contributed by atoms with Crippen LogP contribution in [0.1, 0.15) is 25.7 Å². The Kier molecular flexibility index (Phi) is 5.66. The third-order valence-corrected chi connectivity index (χ3v) is 4.87. The van der Waals surface area contributed by atoms with Crippen molar-refractivity contribution in [3.8, 4) is 28.7 Å². The van der Waals surface area contributed by atoms with Crippen LogP contribution in [0.5, 0.6) is 5.75 Å². The zero-order valence-corrected chi connectivity index (χ0v) is 15.7. The van der Waals surface area contributed by atoms with E-state index in [1.54, 1.807) is 0 Å². The van der Waals surface area contributed by atoms with Crippen LogP contribution in [0.3, 0.4) is 0 Å². The summed E-state index contributed by atoms with van der Waals surface area (Å²) in [7, 11) is 0. The van der Waals surface area contributed by atoms with Crippen molar-refractivity contribution >= 4 is 5.91 Å². The van der Waals surface area contributed by atoms with Crippen LogP contribution in [0.15, 0.2) is 59.0 Å². The van der Waals surface area contributed by atoms with E-state index in [1.165, 1.54) is 12.8 Å². The van der Waals surface area contributed by atoms with Crippen LogP contribution in [0.25, 0.3) is 22.9 Å². The Labute approximate surface area is 164 Å². The number of carbonyl (C=O) groups is 1. The van der Waals surface area contributed by atoms with E-state index in [2.05, 4.69) is 10.2 Å². The number of likely N-dealkylation sites (tertiary alicyclic amines) is 1. The number of nitrogens with zero attached hydrogens (tertiary/aromatic N) is 3. The summed E-state index contributed by atoms with van der Waals surface area (Å²) in [6.07, 6.45) is 4.56. The van der Waals surface area contributed by atoms with Crippen LogP contribution >= 0.6 is 0 Å². The maximum Gasteiger partial charge on any atom is 0.260 e. The first-order valence-corrected chi connectivity index (χ1v) is 9.69. The molecule has 0 N–H and O–H groups in total. The van der Waals surface area contributed by atoms with Gasteiger partial charge in [-0.2, -0.15) is 0 Å². The minimum absolute atomic E-state index is 0.0513. The first-order chi connectivity index (χ1) is 13.8. The van der Waals surface area contributed by atoms with Gasteiger partial charge in [0.05, 0.1) is 0 Å². The Morgan fingerprint density at radius 3 is 2.11 bits per heavy atom. The molecule has 1 aliphatic rings. The van der Waals surface area contributed by atoms with Crippen LogP contribution in [0, 0.1) is 0 Å². The highest BCUT2D eigenvalue weighted by atomic mass is 16.5. The second-order valence-corrected chi connectivity index (χ2v) is 6.89. The standard InChI is InChI=1S/C22H23N3O3/c26-20(25-14-6-1-2-7-15-25)16-27-19-12-10-18(11-13-19)22-24-23-21(28-22)17-8-4-3-5-9-17/h3-5,8-13H,1-2,6-7,14-16H2. The van der Waals surface area contributed by atoms with Crippen molar-refractivity contribution in [2.24, 2.45) is 0 Å². The van der Waals surface area contributed by atoms with Crippen LogP contribution in [-0.4, -0.2) is 40.7 Å². The van der Waals surface area contributed by atoms with Crippen molar-refractivity contribution in [1.82, 2.24) is 15.1 Å². The molecule has 1 amide bonds. The van der Waals surface area contributed by atoms with E-state index < -0.39 is 0 Å². The molecule has 0 unspecified atom stereocenters. The minimum Gasteiger partial charge on any atom is -0.484 e. The molecule has 28 heavy (non-hydrogen) atoms. The predicted octanol–water partition coefficient (Wildman–Crippen LogP) is 4.19. The number of benzene rings is 2. The van der Waals surface area contributed by atoms with Crippen LogP contribution in [0.2, 0.25) is 0 Å². The quantitative estimate of drug-likeness (QED) is 0.667. The molecule has 1 aliphatic heterocycles. The molecule has 6 heteroatoms. The molecule has 0 radical (unpaired) electrons. The highest BCUT2D eigenvalue weighted by Gasteiger charge is 2.16. The van der Waals surface area contributed by atoms with Gasteiger partial charge >= 0.3 is 0 Å². The van der Waals surface area contributed by atoms with E-state index in [0.29, 0.717) is 17.5 Å². The lowest BCUT2D eigenvalue weighted by Gasteiger charge is -2.20. The molecule has 0 spiro atoms. The highest BCUT2D eigenvalue weighted by molar-refractivity contribution is 5.77. The van der Waals surface area contributed by atoms with Gasteiger partial charge in [-0.3, -0.25) is 4.79 Å². The van der Waals surface area contributed by atoms with Gasteiger partial charge in [-0.1, -0.05) is 31.0 Å². The summed E-state index contributed by atoms with van der Waals surface area (Å²) < 4.78 is 11.4. The number of ether oxygens (including phenoxy) is 1. The maximum absolute atomic E-state index is 12.3. The average Bonchev–Trinajstić information content (AvgIpc) is 3.08. The van der Waals surface area contributed by atoms with Crippen molar-refractivity contribution < 1.29 is 13.9 Å². The number of hydrogen-bond donors (Lipinski definition) is 0. The lowest BCUT2D eigenvalue weighted by Crippen LogP contribution is -2.35. The van der Waals surface area contributed by atoms with Gasteiger partial charge in [0, 0.05) is 24.2 Å². The molecule has 0 bridgehead atoms. The van der Waals surface area contributed by atoms with E-state index in [0.717, 1.165) is 37.1 Å². The van der Waals surface area contributed by atoms with Crippen LogP contribution in [0.4, 0.5) is 0 Å². The smallest absolute Gasteiger partial charge is 0.260 e. The Hall–Kier alpha value is -3.15. The number of carbonyl (C=O) groups excluding carboxylic acids is 1. The Morgan fingerprint density at radius 2 is 1.46 bits per heavy atom. The summed E-state index contributed by atoms with van der Waals surface area (Å²) in [5.74, 6) is 1.63. The number of hydrogen-bond acceptors (Lipinski definition) is 5. The van der Waals surface area contributed by atoms with Crippen molar-refractivity contribution in [2.45, 2.75) is 25.7 Å². The second-order valence-electron chi connectivity index (χ2n) is 6.89. The molecule has 4 rings (SSSR count). The molecule has 1 saturated heterocycles. The molecule has 0 aliphatic carbocycles. The third-order valence-electron chi connectivity index (χ3n) is 4.87. The summed E-state index contributed by atoms with van der Waals surface area (Å²) >= 11 is 0. The molecule has 0 saturated carbocycles. The molecule has 0 atom stereocenters. The molecule has 6 nitrogen and oxygen atoms in total.